The van der Waals surface area contributed by atoms with Gasteiger partial charge in [-0.05, 0) is 56.4 Å². The summed E-state index contributed by atoms with van der Waals surface area (Å²) in [6, 6.07) is 9.70. The van der Waals surface area contributed by atoms with E-state index in [0.29, 0.717) is 62.7 Å². The van der Waals surface area contributed by atoms with E-state index in [9.17, 15) is 14.0 Å². The van der Waals surface area contributed by atoms with E-state index in [1.807, 2.05) is 28.3 Å². The second kappa shape index (κ2) is 13.7. The summed E-state index contributed by atoms with van der Waals surface area (Å²) in [5, 5.41) is 11.7. The molecule has 2 fully saturated rings. The Kier molecular flexibility index (Phi) is 8.90. The fourth-order valence-corrected chi connectivity index (χ4v) is 7.29. The Hall–Kier alpha value is -5.67. The molecule has 0 unspecified atom stereocenters. The highest BCUT2D eigenvalue weighted by molar-refractivity contribution is 5.94. The molecule has 12 nitrogen and oxygen atoms in total. The average Bonchev–Trinajstić information content (AvgIpc) is 3.66. The van der Waals surface area contributed by atoms with E-state index in [0.717, 1.165) is 13.1 Å². The number of piperazine rings is 2. The smallest absolute Gasteiger partial charge is 0.253 e. The van der Waals surface area contributed by atoms with Crippen molar-refractivity contribution in [2.24, 2.45) is 0 Å². The molecule has 15 heteroatoms. The molecule has 274 valence electrons. The summed E-state index contributed by atoms with van der Waals surface area (Å²) in [5.74, 6) is -1.89. The van der Waals surface area contributed by atoms with Crippen molar-refractivity contribution in [3.8, 4) is 34.3 Å². The topological polar surface area (TPSA) is 114 Å². The average molecular weight is 727 g/mol. The molecule has 8 rings (SSSR count). The lowest BCUT2D eigenvalue weighted by atomic mass is 10.1. The van der Waals surface area contributed by atoms with Crippen molar-refractivity contribution in [2.75, 3.05) is 76.3 Å². The Bertz CT molecular complexity index is 2480. The molecule has 6 aromatic rings. The Morgan fingerprint density at radius 3 is 2.11 bits per heavy atom. The molecular weight excluding hydrogens is 689 g/mol. The second-order valence-corrected chi connectivity index (χ2v) is 13.3. The zero-order chi connectivity index (χ0) is 37.0. The predicted molar refractivity (Wildman–Crippen MR) is 197 cm³/mol. The maximum Gasteiger partial charge on any atom is 0.253 e. The first-order valence-corrected chi connectivity index (χ1v) is 17.5. The van der Waals surface area contributed by atoms with Gasteiger partial charge in [0.2, 0.25) is 10.9 Å². The number of ether oxygens (including phenoxy) is 1. The first-order valence-electron chi connectivity index (χ1n) is 17.5. The first kappa shape index (κ1) is 34.4. The van der Waals surface area contributed by atoms with Crippen molar-refractivity contribution in [1.82, 2.24) is 29.5 Å². The number of hydrogen-bond acceptors (Lipinski definition) is 10. The van der Waals surface area contributed by atoms with Gasteiger partial charge in [-0.2, -0.15) is 0 Å². The fraction of sp³-hybridized carbons (Fsp3) is 0.316. The van der Waals surface area contributed by atoms with Crippen LogP contribution in [0.4, 0.5) is 24.5 Å². The van der Waals surface area contributed by atoms with Crippen LogP contribution in [0.15, 0.2) is 68.9 Å². The molecule has 0 radical (unpaired) electrons. The molecule has 0 amide bonds. The third-order valence-electron chi connectivity index (χ3n) is 10.1. The maximum atomic E-state index is 16.1. The number of likely N-dealkylation sites (N-methyl/N-ethyl adjacent to an activating group) is 1. The third kappa shape index (κ3) is 5.99. The predicted octanol–water partition coefficient (Wildman–Crippen LogP) is 4.63. The minimum Gasteiger partial charge on any atom is -0.492 e. The van der Waals surface area contributed by atoms with Crippen molar-refractivity contribution in [3.63, 3.8) is 0 Å². The monoisotopic (exact) mass is 726 g/mol. The number of halogens is 3. The van der Waals surface area contributed by atoms with Crippen LogP contribution in [0, 0.1) is 17.5 Å². The minimum atomic E-state index is -0.645. The summed E-state index contributed by atoms with van der Waals surface area (Å²) >= 11 is 0. The Labute approximate surface area is 301 Å². The lowest BCUT2D eigenvalue weighted by Crippen LogP contribution is -2.45. The number of nitrogens with one attached hydrogen (secondary N) is 1. The molecule has 0 atom stereocenters. The van der Waals surface area contributed by atoms with Crippen molar-refractivity contribution >= 4 is 33.2 Å². The van der Waals surface area contributed by atoms with Gasteiger partial charge in [0.05, 0.1) is 23.7 Å². The summed E-state index contributed by atoms with van der Waals surface area (Å²) in [4.78, 5) is 34.1. The normalized spacial score (nSPS) is 15.5. The molecule has 1 N–H and O–H groups in total. The molecule has 3 aromatic heterocycles. The second-order valence-electron chi connectivity index (χ2n) is 13.3. The lowest BCUT2D eigenvalue weighted by molar-refractivity contribution is 0.309. The van der Waals surface area contributed by atoms with Crippen molar-refractivity contribution < 1.29 is 22.3 Å². The number of benzene rings is 3. The van der Waals surface area contributed by atoms with Crippen LogP contribution in [0.5, 0.6) is 5.75 Å². The van der Waals surface area contributed by atoms with Gasteiger partial charge in [-0.3, -0.25) is 9.59 Å². The standard InChI is InChI=1S/C38H37F3N8O4/c1-4-46-20-26(34(50)24-17-28(40)31(19-30(24)46)47-11-9-42-10-12-47)37-43-44-38(53-37)27-21-49(23-7-5-22(39)6-8-23)32-25(35(27)51)18-29(41)33(36(32)52-3)48-15-13-45(2)14-16-48/h5-8,17-21,42H,4,9-16H2,1-3H3. The third-order valence-corrected chi connectivity index (χ3v) is 10.1. The fourth-order valence-electron chi connectivity index (χ4n) is 7.29. The van der Waals surface area contributed by atoms with E-state index < -0.39 is 28.3 Å². The van der Waals surface area contributed by atoms with Crippen LogP contribution >= 0.6 is 0 Å². The van der Waals surface area contributed by atoms with Crippen molar-refractivity contribution in [1.29, 1.82) is 0 Å². The summed E-state index contributed by atoms with van der Waals surface area (Å²) in [7, 11) is 3.40. The highest BCUT2D eigenvalue weighted by Gasteiger charge is 2.28. The number of anilines is 2. The first-order chi connectivity index (χ1) is 25.7. The number of pyridine rings is 2. The molecule has 2 aliphatic rings. The minimum absolute atomic E-state index is 0.0246. The molecule has 5 heterocycles. The van der Waals surface area contributed by atoms with Gasteiger partial charge in [0, 0.05) is 82.4 Å². The van der Waals surface area contributed by atoms with Gasteiger partial charge in [0.25, 0.3) is 11.8 Å². The van der Waals surface area contributed by atoms with E-state index >= 15 is 8.78 Å². The Morgan fingerprint density at radius 2 is 1.45 bits per heavy atom. The highest BCUT2D eigenvalue weighted by Crippen LogP contribution is 2.40. The molecular formula is C38H37F3N8O4. The van der Waals surface area contributed by atoms with Gasteiger partial charge in [-0.1, -0.05) is 0 Å². The zero-order valence-corrected chi connectivity index (χ0v) is 29.5. The van der Waals surface area contributed by atoms with Gasteiger partial charge < -0.3 is 38.3 Å². The number of methoxy groups -OCH3 is 1. The van der Waals surface area contributed by atoms with Crippen LogP contribution < -0.4 is 30.7 Å². The SMILES string of the molecule is CCn1cc(-c2nnc(-c3cn(-c4ccc(F)cc4)c4c(OC)c(N5CCN(C)CC5)c(F)cc4c3=O)o2)c(=O)c2cc(F)c(N3CCNCC3)cc21. The van der Waals surface area contributed by atoms with Gasteiger partial charge in [0.15, 0.2) is 11.6 Å². The van der Waals surface area contributed by atoms with Crippen LogP contribution in [-0.4, -0.2) is 90.7 Å². The summed E-state index contributed by atoms with van der Waals surface area (Å²) in [5.41, 5.74) is 0.717. The van der Waals surface area contributed by atoms with E-state index in [1.165, 1.54) is 49.7 Å². The number of fused-ring (bicyclic) bond motifs is 2. The Balaban J connectivity index is 1.28. The summed E-state index contributed by atoms with van der Waals surface area (Å²) in [6.45, 7) is 7.56. The van der Waals surface area contributed by atoms with Crippen LogP contribution in [-0.2, 0) is 6.54 Å². The maximum absolute atomic E-state index is 16.1. The molecule has 0 aliphatic carbocycles. The molecule has 53 heavy (non-hydrogen) atoms. The largest absolute Gasteiger partial charge is 0.492 e. The van der Waals surface area contributed by atoms with Crippen molar-refractivity contribution in [3.05, 3.63) is 92.8 Å². The zero-order valence-electron chi connectivity index (χ0n) is 29.5. The van der Waals surface area contributed by atoms with Gasteiger partial charge in [0.1, 0.15) is 34.0 Å². The number of rotatable bonds is 7. The van der Waals surface area contributed by atoms with Crippen LogP contribution in [0.1, 0.15) is 6.92 Å². The van der Waals surface area contributed by atoms with E-state index in [2.05, 4.69) is 20.4 Å². The number of aromatic nitrogens is 4. The van der Waals surface area contributed by atoms with Gasteiger partial charge in [-0.25, -0.2) is 13.2 Å². The highest BCUT2D eigenvalue weighted by atomic mass is 19.1. The van der Waals surface area contributed by atoms with Crippen LogP contribution in [0.2, 0.25) is 0 Å². The quantitative estimate of drug-likeness (QED) is 0.250. The Morgan fingerprint density at radius 1 is 0.811 bits per heavy atom. The lowest BCUT2D eigenvalue weighted by Gasteiger charge is -2.35. The van der Waals surface area contributed by atoms with E-state index in [4.69, 9.17) is 9.15 Å². The summed E-state index contributed by atoms with van der Waals surface area (Å²) < 4.78 is 61.0. The molecule has 2 aliphatic heterocycles. The molecule has 3 aromatic carbocycles. The molecule has 0 saturated carbocycles. The van der Waals surface area contributed by atoms with Crippen LogP contribution in [0.3, 0.4) is 0 Å². The number of aryl methyl sites for hydroxylation is 1. The van der Waals surface area contributed by atoms with E-state index in [-0.39, 0.29) is 50.6 Å². The van der Waals surface area contributed by atoms with Crippen molar-refractivity contribution in [2.45, 2.75) is 13.5 Å². The molecule has 0 bridgehead atoms. The number of hydrogen-bond donors (Lipinski definition) is 1. The van der Waals surface area contributed by atoms with Crippen LogP contribution in [0.25, 0.3) is 50.4 Å². The number of nitrogens with zero attached hydrogens (tertiary/aromatic N) is 7. The molecule has 2 saturated heterocycles. The van der Waals surface area contributed by atoms with Gasteiger partial charge in [-0.15, -0.1) is 10.2 Å². The van der Waals surface area contributed by atoms with Gasteiger partial charge >= 0.3 is 0 Å². The summed E-state index contributed by atoms with van der Waals surface area (Å²) in [6.07, 6.45) is 3.04. The molecule has 0 spiro atoms. The van der Waals surface area contributed by atoms with E-state index in [1.54, 1.807) is 16.8 Å².